The Morgan fingerprint density at radius 1 is 1.05 bits per heavy atom. The van der Waals surface area contributed by atoms with Crippen molar-refractivity contribution in [2.24, 2.45) is 0 Å². The van der Waals surface area contributed by atoms with Crippen LogP contribution >= 0.6 is 0 Å². The van der Waals surface area contributed by atoms with Gasteiger partial charge in [0.25, 0.3) is 0 Å². The van der Waals surface area contributed by atoms with Crippen LogP contribution in [-0.4, -0.2) is 5.16 Å². The number of nitrogens with zero attached hydrogens (tertiary/aromatic N) is 1. The Labute approximate surface area is 123 Å². The third-order valence-electron chi connectivity index (χ3n) is 3.25. The maximum atomic E-state index is 5.90. The van der Waals surface area contributed by atoms with Gasteiger partial charge in [-0.3, -0.25) is 0 Å². The fraction of sp³-hybridized carbons (Fsp3) is 0.118. The number of para-hydroxylation sites is 1. The highest BCUT2D eigenvalue weighted by atomic mass is 16.5. The van der Waals surface area contributed by atoms with Crippen molar-refractivity contribution in [2.45, 2.75) is 13.5 Å². The van der Waals surface area contributed by atoms with Crippen molar-refractivity contribution in [1.82, 2.24) is 5.16 Å². The normalized spacial score (nSPS) is 10.5. The molecule has 3 aromatic rings. The summed E-state index contributed by atoms with van der Waals surface area (Å²) >= 11 is 0. The predicted molar refractivity (Wildman–Crippen MR) is 81.9 cm³/mol. The molecule has 0 aliphatic heterocycles. The van der Waals surface area contributed by atoms with E-state index in [4.69, 9.17) is 15.0 Å². The van der Waals surface area contributed by atoms with E-state index in [1.54, 1.807) is 0 Å². The van der Waals surface area contributed by atoms with Gasteiger partial charge in [0.15, 0.2) is 0 Å². The highest BCUT2D eigenvalue weighted by Crippen LogP contribution is 2.30. The lowest BCUT2D eigenvalue weighted by atomic mass is 10.0. The number of ether oxygens (including phenoxy) is 1. The molecule has 0 saturated carbocycles. The van der Waals surface area contributed by atoms with Gasteiger partial charge in [-0.15, -0.1) is 0 Å². The molecule has 0 saturated heterocycles. The standard InChI is InChI=1S/C17H16N2O2/c1-12-7-9-13(10-8-12)16-15(19-21-17(16)18)11-20-14-5-3-2-4-6-14/h2-10H,11,18H2,1H3. The Morgan fingerprint density at radius 3 is 2.48 bits per heavy atom. The molecule has 2 aromatic carbocycles. The summed E-state index contributed by atoms with van der Waals surface area (Å²) in [7, 11) is 0. The van der Waals surface area contributed by atoms with Crippen molar-refractivity contribution in [3.05, 3.63) is 65.9 Å². The quantitative estimate of drug-likeness (QED) is 0.789. The van der Waals surface area contributed by atoms with Crippen LogP contribution in [-0.2, 0) is 6.61 Å². The average Bonchev–Trinajstić information content (AvgIpc) is 2.88. The van der Waals surface area contributed by atoms with Gasteiger partial charge < -0.3 is 15.0 Å². The third kappa shape index (κ3) is 2.89. The van der Waals surface area contributed by atoms with Gasteiger partial charge in [0.1, 0.15) is 18.1 Å². The molecule has 106 valence electrons. The summed E-state index contributed by atoms with van der Waals surface area (Å²) in [5.41, 5.74) is 9.56. The fourth-order valence-corrected chi connectivity index (χ4v) is 2.13. The van der Waals surface area contributed by atoms with Gasteiger partial charge in [0, 0.05) is 0 Å². The minimum Gasteiger partial charge on any atom is -0.487 e. The molecular formula is C17H16N2O2. The predicted octanol–water partition coefficient (Wildman–Crippen LogP) is 3.81. The van der Waals surface area contributed by atoms with Crippen molar-refractivity contribution in [1.29, 1.82) is 0 Å². The number of nitrogen functional groups attached to an aromatic ring is 1. The smallest absolute Gasteiger partial charge is 0.230 e. The number of aryl methyl sites for hydroxylation is 1. The SMILES string of the molecule is Cc1ccc(-c2c(COc3ccccc3)noc2N)cc1. The third-order valence-corrected chi connectivity index (χ3v) is 3.25. The van der Waals surface area contributed by atoms with Crippen LogP contribution in [0.3, 0.4) is 0 Å². The van der Waals surface area contributed by atoms with E-state index in [2.05, 4.69) is 5.16 Å². The molecule has 0 aliphatic rings. The van der Waals surface area contributed by atoms with E-state index in [1.807, 2.05) is 61.5 Å². The van der Waals surface area contributed by atoms with E-state index >= 15 is 0 Å². The van der Waals surface area contributed by atoms with Crippen LogP contribution in [0.2, 0.25) is 0 Å². The van der Waals surface area contributed by atoms with Crippen molar-refractivity contribution >= 4 is 5.88 Å². The van der Waals surface area contributed by atoms with E-state index in [1.165, 1.54) is 5.56 Å². The zero-order valence-corrected chi connectivity index (χ0v) is 11.7. The minimum absolute atomic E-state index is 0.311. The first kappa shape index (κ1) is 13.2. The number of nitrogens with two attached hydrogens (primary N) is 1. The summed E-state index contributed by atoms with van der Waals surface area (Å²) in [4.78, 5) is 0. The number of hydrogen-bond acceptors (Lipinski definition) is 4. The second-order valence-corrected chi connectivity index (χ2v) is 4.84. The summed E-state index contributed by atoms with van der Waals surface area (Å²) in [6.07, 6.45) is 0. The molecule has 0 amide bonds. The molecule has 0 atom stereocenters. The van der Waals surface area contributed by atoms with Gasteiger partial charge in [-0.05, 0) is 24.6 Å². The summed E-state index contributed by atoms with van der Waals surface area (Å²) in [6, 6.07) is 17.7. The first-order valence-electron chi connectivity index (χ1n) is 6.73. The summed E-state index contributed by atoms with van der Waals surface area (Å²) in [5, 5.41) is 4.00. The molecule has 0 radical (unpaired) electrons. The van der Waals surface area contributed by atoms with Crippen LogP contribution in [0.25, 0.3) is 11.1 Å². The number of benzene rings is 2. The van der Waals surface area contributed by atoms with E-state index in [9.17, 15) is 0 Å². The van der Waals surface area contributed by atoms with Crippen molar-refractivity contribution in [3.8, 4) is 16.9 Å². The summed E-state index contributed by atoms with van der Waals surface area (Å²) in [6.45, 7) is 2.36. The lowest BCUT2D eigenvalue weighted by Crippen LogP contribution is -1.98. The average molecular weight is 280 g/mol. The monoisotopic (exact) mass is 280 g/mol. The zero-order valence-electron chi connectivity index (χ0n) is 11.7. The van der Waals surface area contributed by atoms with Crippen LogP contribution < -0.4 is 10.5 Å². The lowest BCUT2D eigenvalue weighted by molar-refractivity contribution is 0.290. The zero-order chi connectivity index (χ0) is 14.7. The van der Waals surface area contributed by atoms with Crippen LogP contribution in [0.4, 0.5) is 5.88 Å². The molecule has 4 heteroatoms. The van der Waals surface area contributed by atoms with Crippen LogP contribution in [0.1, 0.15) is 11.3 Å². The molecular weight excluding hydrogens is 264 g/mol. The van der Waals surface area contributed by atoms with Gasteiger partial charge in [0.2, 0.25) is 5.88 Å². The largest absolute Gasteiger partial charge is 0.487 e. The second-order valence-electron chi connectivity index (χ2n) is 4.84. The van der Waals surface area contributed by atoms with Crippen LogP contribution in [0.15, 0.2) is 59.1 Å². The Hall–Kier alpha value is -2.75. The molecule has 0 fully saturated rings. The van der Waals surface area contributed by atoms with Gasteiger partial charge in [0.05, 0.1) is 5.56 Å². The molecule has 1 aromatic heterocycles. The molecule has 2 N–H and O–H groups in total. The number of rotatable bonds is 4. The minimum atomic E-state index is 0.311. The first-order valence-corrected chi connectivity index (χ1v) is 6.73. The number of hydrogen-bond donors (Lipinski definition) is 1. The Kier molecular flexibility index (Phi) is 3.60. The molecule has 0 spiro atoms. The number of aromatic nitrogens is 1. The molecule has 4 nitrogen and oxygen atoms in total. The van der Waals surface area contributed by atoms with E-state index in [0.717, 1.165) is 16.9 Å². The van der Waals surface area contributed by atoms with E-state index in [0.29, 0.717) is 18.2 Å². The van der Waals surface area contributed by atoms with E-state index < -0.39 is 0 Å². The molecule has 1 heterocycles. The van der Waals surface area contributed by atoms with Gasteiger partial charge in [-0.25, -0.2) is 0 Å². The van der Waals surface area contributed by atoms with Crippen molar-refractivity contribution < 1.29 is 9.26 Å². The van der Waals surface area contributed by atoms with Crippen LogP contribution in [0, 0.1) is 6.92 Å². The van der Waals surface area contributed by atoms with Gasteiger partial charge >= 0.3 is 0 Å². The Bertz CT molecular complexity index is 718. The highest BCUT2D eigenvalue weighted by molar-refractivity contribution is 5.75. The van der Waals surface area contributed by atoms with Crippen molar-refractivity contribution in [2.75, 3.05) is 5.73 Å². The topological polar surface area (TPSA) is 61.3 Å². The summed E-state index contributed by atoms with van der Waals surface area (Å²) < 4.78 is 10.8. The molecule has 0 bridgehead atoms. The fourth-order valence-electron chi connectivity index (χ4n) is 2.13. The highest BCUT2D eigenvalue weighted by Gasteiger charge is 2.16. The van der Waals surface area contributed by atoms with E-state index in [-0.39, 0.29) is 0 Å². The molecule has 0 unspecified atom stereocenters. The maximum Gasteiger partial charge on any atom is 0.230 e. The molecule has 21 heavy (non-hydrogen) atoms. The molecule has 0 aliphatic carbocycles. The first-order chi connectivity index (χ1) is 10.2. The number of anilines is 1. The van der Waals surface area contributed by atoms with Crippen molar-refractivity contribution in [3.63, 3.8) is 0 Å². The lowest BCUT2D eigenvalue weighted by Gasteiger charge is -2.06. The van der Waals surface area contributed by atoms with Crippen LogP contribution in [0.5, 0.6) is 5.75 Å². The maximum absolute atomic E-state index is 5.90. The molecule has 3 rings (SSSR count). The van der Waals surface area contributed by atoms with Gasteiger partial charge in [-0.2, -0.15) is 0 Å². The van der Waals surface area contributed by atoms with Gasteiger partial charge in [-0.1, -0.05) is 53.2 Å². The second kappa shape index (κ2) is 5.71. The Balaban J connectivity index is 1.85. The Morgan fingerprint density at radius 2 is 1.76 bits per heavy atom. The summed E-state index contributed by atoms with van der Waals surface area (Å²) in [5.74, 6) is 1.10.